The Balaban J connectivity index is 1.64. The van der Waals surface area contributed by atoms with Crippen molar-refractivity contribution in [1.29, 1.82) is 0 Å². The predicted molar refractivity (Wildman–Crippen MR) is 98.8 cm³/mol. The molecule has 6 nitrogen and oxygen atoms in total. The summed E-state index contributed by atoms with van der Waals surface area (Å²) >= 11 is 0. The summed E-state index contributed by atoms with van der Waals surface area (Å²) in [7, 11) is 0. The molecule has 1 saturated heterocycles. The van der Waals surface area contributed by atoms with E-state index in [-0.39, 0.29) is 12.5 Å². The van der Waals surface area contributed by atoms with E-state index in [9.17, 15) is 9.90 Å². The number of nitrogens with zero attached hydrogens (tertiary/aromatic N) is 3. The largest absolute Gasteiger partial charge is 0.393 e. The van der Waals surface area contributed by atoms with Crippen LogP contribution in [0.4, 0.5) is 0 Å². The molecular weight excluding hydrogens is 330 g/mol. The van der Waals surface area contributed by atoms with E-state index < -0.39 is 5.60 Å². The van der Waals surface area contributed by atoms with Crippen molar-refractivity contribution in [3.63, 3.8) is 0 Å². The number of aromatic nitrogens is 2. The molecule has 26 heavy (non-hydrogen) atoms. The zero-order chi connectivity index (χ0) is 18.6. The second-order valence-electron chi connectivity index (χ2n) is 7.14. The summed E-state index contributed by atoms with van der Waals surface area (Å²) in [5, 5.41) is 14.3. The quantitative estimate of drug-likeness (QED) is 0.855. The van der Waals surface area contributed by atoms with Crippen molar-refractivity contribution in [3.8, 4) is 0 Å². The van der Waals surface area contributed by atoms with Crippen LogP contribution in [-0.4, -0.2) is 57.6 Å². The van der Waals surface area contributed by atoms with Crippen LogP contribution in [0.25, 0.3) is 0 Å². The molecule has 0 aliphatic carbocycles. The average molecular weight is 357 g/mol. The fourth-order valence-corrected chi connectivity index (χ4v) is 3.43. The Kier molecular flexibility index (Phi) is 5.74. The van der Waals surface area contributed by atoms with Gasteiger partial charge in [0.1, 0.15) is 5.60 Å². The minimum Gasteiger partial charge on any atom is -0.393 e. The van der Waals surface area contributed by atoms with Gasteiger partial charge in [0.2, 0.25) is 5.91 Å². The number of aryl methyl sites for hydroxylation is 3. The van der Waals surface area contributed by atoms with Gasteiger partial charge < -0.3 is 14.7 Å². The van der Waals surface area contributed by atoms with E-state index in [1.54, 1.807) is 10.9 Å². The van der Waals surface area contributed by atoms with Gasteiger partial charge in [-0.25, -0.2) is 0 Å². The topological polar surface area (TPSA) is 67.6 Å². The van der Waals surface area contributed by atoms with Gasteiger partial charge in [0.25, 0.3) is 0 Å². The van der Waals surface area contributed by atoms with Crippen molar-refractivity contribution in [3.05, 3.63) is 53.3 Å². The summed E-state index contributed by atoms with van der Waals surface area (Å²) in [6, 6.07) is 8.10. The van der Waals surface area contributed by atoms with Crippen molar-refractivity contribution >= 4 is 5.91 Å². The molecule has 2 heterocycles. The van der Waals surface area contributed by atoms with E-state index in [1.165, 1.54) is 5.56 Å². The maximum Gasteiger partial charge on any atom is 0.224 e. The second kappa shape index (κ2) is 8.01. The predicted octanol–water partition coefficient (Wildman–Crippen LogP) is 1.72. The molecule has 2 aromatic rings. The third-order valence-electron chi connectivity index (χ3n) is 4.98. The number of aliphatic hydroxyl groups excluding tert-OH is 1. The third-order valence-corrected chi connectivity index (χ3v) is 4.98. The molecule has 1 aromatic heterocycles. The fourth-order valence-electron chi connectivity index (χ4n) is 3.43. The molecule has 3 rings (SSSR count). The summed E-state index contributed by atoms with van der Waals surface area (Å²) in [6.45, 7) is 5.91. The molecule has 0 radical (unpaired) electrons. The number of hydrogen-bond donors (Lipinski definition) is 1. The van der Waals surface area contributed by atoms with E-state index in [4.69, 9.17) is 4.74 Å². The Morgan fingerprint density at radius 1 is 1.35 bits per heavy atom. The molecule has 0 spiro atoms. The average Bonchev–Trinajstić information content (AvgIpc) is 3.07. The zero-order valence-corrected chi connectivity index (χ0v) is 15.5. The summed E-state index contributed by atoms with van der Waals surface area (Å²) in [5.41, 5.74) is 2.66. The number of amides is 1. The molecular formula is C20H27N3O3. The highest BCUT2D eigenvalue weighted by atomic mass is 16.5. The number of hydrogen-bond acceptors (Lipinski definition) is 4. The van der Waals surface area contributed by atoms with Crippen molar-refractivity contribution in [2.24, 2.45) is 0 Å². The number of benzene rings is 1. The first kappa shape index (κ1) is 18.6. The van der Waals surface area contributed by atoms with Gasteiger partial charge in [-0.1, -0.05) is 24.3 Å². The van der Waals surface area contributed by atoms with Crippen LogP contribution in [0.3, 0.4) is 0 Å². The van der Waals surface area contributed by atoms with Gasteiger partial charge in [-0.15, -0.1) is 0 Å². The van der Waals surface area contributed by atoms with E-state index >= 15 is 0 Å². The van der Waals surface area contributed by atoms with E-state index in [2.05, 4.69) is 24.2 Å². The van der Waals surface area contributed by atoms with E-state index in [1.807, 2.05) is 30.2 Å². The lowest BCUT2D eigenvalue weighted by Gasteiger charge is -2.42. The molecule has 1 aromatic carbocycles. The van der Waals surface area contributed by atoms with E-state index in [0.717, 1.165) is 11.1 Å². The monoisotopic (exact) mass is 357 g/mol. The molecule has 140 valence electrons. The van der Waals surface area contributed by atoms with Gasteiger partial charge in [0, 0.05) is 32.1 Å². The lowest BCUT2D eigenvalue weighted by Crippen LogP contribution is -2.57. The zero-order valence-electron chi connectivity index (χ0n) is 15.5. The van der Waals surface area contributed by atoms with Gasteiger partial charge >= 0.3 is 0 Å². The molecule has 1 N–H and O–H groups in total. The Morgan fingerprint density at radius 2 is 2.15 bits per heavy atom. The Bertz CT molecular complexity index is 758. The highest BCUT2D eigenvalue weighted by Crippen LogP contribution is 2.25. The smallest absolute Gasteiger partial charge is 0.224 e. The normalized spacial score (nSPS) is 20.3. The van der Waals surface area contributed by atoms with Crippen LogP contribution < -0.4 is 0 Å². The molecule has 1 amide bonds. The maximum absolute atomic E-state index is 12.6. The summed E-state index contributed by atoms with van der Waals surface area (Å²) in [4.78, 5) is 14.5. The number of morpholine rings is 1. The third kappa shape index (κ3) is 4.31. The first-order chi connectivity index (χ1) is 12.5. The van der Waals surface area contributed by atoms with Crippen LogP contribution in [0.5, 0.6) is 0 Å². The maximum atomic E-state index is 12.6. The van der Waals surface area contributed by atoms with E-state index in [0.29, 0.717) is 39.1 Å². The standard InChI is InChI=1S/C20H27N3O3/c1-16-12-21-23(13-16)8-7-19(25)22-9-10-26-20(14-22,15-24)11-18-6-4-3-5-17(18)2/h3-6,12-13,24H,7-11,14-15H2,1-2H3/t20-/m1/s1. The number of carbonyl (C=O) groups is 1. The lowest BCUT2D eigenvalue weighted by atomic mass is 9.91. The lowest BCUT2D eigenvalue weighted by molar-refractivity contribution is -0.158. The molecule has 1 atom stereocenters. The first-order valence-corrected chi connectivity index (χ1v) is 9.07. The minimum absolute atomic E-state index is 0.0732. The Hall–Kier alpha value is -2.18. The van der Waals surface area contributed by atoms with Crippen LogP contribution in [0.1, 0.15) is 23.1 Å². The van der Waals surface area contributed by atoms with Crippen LogP contribution in [0.15, 0.2) is 36.7 Å². The number of rotatable bonds is 6. The van der Waals surface area contributed by atoms with Gasteiger partial charge in [0.15, 0.2) is 0 Å². The van der Waals surface area contributed by atoms with Gasteiger partial charge in [-0.2, -0.15) is 5.10 Å². The molecule has 6 heteroatoms. The van der Waals surface area contributed by atoms with Crippen molar-refractivity contribution in [2.75, 3.05) is 26.3 Å². The second-order valence-corrected chi connectivity index (χ2v) is 7.14. The SMILES string of the molecule is Cc1cnn(CCC(=O)N2CCO[C@](CO)(Cc3ccccc3C)C2)c1. The molecule has 0 bridgehead atoms. The summed E-state index contributed by atoms with van der Waals surface area (Å²) < 4.78 is 7.75. The highest BCUT2D eigenvalue weighted by molar-refractivity contribution is 5.76. The van der Waals surface area contributed by atoms with Crippen molar-refractivity contribution < 1.29 is 14.6 Å². The minimum atomic E-state index is -0.734. The summed E-state index contributed by atoms with van der Waals surface area (Å²) in [5.74, 6) is 0.0732. The van der Waals surface area contributed by atoms with Crippen LogP contribution in [0.2, 0.25) is 0 Å². The Labute approximate surface area is 154 Å². The van der Waals surface area contributed by atoms with Crippen molar-refractivity contribution in [2.45, 2.75) is 38.8 Å². The van der Waals surface area contributed by atoms with Gasteiger partial charge in [-0.3, -0.25) is 9.48 Å². The number of ether oxygens (including phenoxy) is 1. The molecule has 1 aliphatic heterocycles. The Morgan fingerprint density at radius 3 is 2.85 bits per heavy atom. The van der Waals surface area contributed by atoms with Crippen molar-refractivity contribution in [1.82, 2.24) is 14.7 Å². The van der Waals surface area contributed by atoms with Crippen LogP contribution in [0, 0.1) is 13.8 Å². The first-order valence-electron chi connectivity index (χ1n) is 9.07. The molecule has 0 saturated carbocycles. The molecule has 1 aliphatic rings. The van der Waals surface area contributed by atoms with Gasteiger partial charge in [-0.05, 0) is 30.5 Å². The number of aliphatic hydroxyl groups is 1. The van der Waals surface area contributed by atoms with Gasteiger partial charge in [0.05, 0.1) is 26.0 Å². The number of carbonyl (C=O) groups excluding carboxylic acids is 1. The molecule has 1 fully saturated rings. The summed E-state index contributed by atoms with van der Waals surface area (Å²) in [6.07, 6.45) is 4.71. The van der Waals surface area contributed by atoms with Crippen LogP contribution >= 0.6 is 0 Å². The van der Waals surface area contributed by atoms with Crippen LogP contribution in [-0.2, 0) is 22.5 Å². The highest BCUT2D eigenvalue weighted by Gasteiger charge is 2.38. The fraction of sp³-hybridized carbons (Fsp3) is 0.500. The molecule has 0 unspecified atom stereocenters.